The Morgan fingerprint density at radius 1 is 1.25 bits per heavy atom. The molecule has 0 aromatic carbocycles. The molecular weight excluding hydrogens is 360 g/mol. The molecule has 2 aromatic rings. The Bertz CT molecular complexity index is 916. The van der Waals surface area contributed by atoms with Crippen LogP contribution >= 0.6 is 0 Å². The van der Waals surface area contributed by atoms with Gasteiger partial charge in [0, 0.05) is 35.8 Å². The van der Waals surface area contributed by atoms with E-state index in [1.807, 2.05) is 0 Å². The number of hydrogen-bond acceptors (Lipinski definition) is 6. The molecule has 28 heavy (non-hydrogen) atoms. The van der Waals surface area contributed by atoms with Crippen molar-refractivity contribution in [1.29, 1.82) is 0 Å². The molecule has 2 bridgehead atoms. The molecule has 0 aliphatic carbocycles. The number of piperidine rings is 3. The van der Waals surface area contributed by atoms with Gasteiger partial charge in [-0.05, 0) is 38.8 Å². The first-order chi connectivity index (χ1) is 13.6. The topological polar surface area (TPSA) is 87.9 Å². The Morgan fingerprint density at radius 3 is 2.82 bits per heavy atom. The van der Waals surface area contributed by atoms with Gasteiger partial charge in [0.05, 0.1) is 13.2 Å². The molecule has 4 aliphatic heterocycles. The van der Waals surface area contributed by atoms with Gasteiger partial charge in [0.1, 0.15) is 17.9 Å². The summed E-state index contributed by atoms with van der Waals surface area (Å²) < 4.78 is 11.0. The molecule has 8 nitrogen and oxygen atoms in total. The van der Waals surface area contributed by atoms with Crippen LogP contribution in [-0.4, -0.2) is 66.6 Å². The van der Waals surface area contributed by atoms with E-state index in [0.29, 0.717) is 42.3 Å². The standard InChI is InChI=1S/C20H24N4O4/c1-12-19(13-2-4-23(12)5-3-13)22-20(26)15-9-16-14(10-21-15)8-18(28-16)24-6-7-27-11-17(24)25/h8-10,12-13,19H,2-7,11H2,1H3,(H,22,26). The molecule has 2 aromatic heterocycles. The van der Waals surface area contributed by atoms with E-state index in [0.717, 1.165) is 31.3 Å². The number of hydrogen-bond donors (Lipinski definition) is 1. The number of morpholine rings is 1. The van der Waals surface area contributed by atoms with Crippen LogP contribution in [0, 0.1) is 5.92 Å². The van der Waals surface area contributed by atoms with Gasteiger partial charge in [-0.2, -0.15) is 0 Å². The first kappa shape index (κ1) is 17.6. The van der Waals surface area contributed by atoms with E-state index < -0.39 is 0 Å². The van der Waals surface area contributed by atoms with Crippen LogP contribution in [-0.2, 0) is 9.53 Å². The summed E-state index contributed by atoms with van der Waals surface area (Å²) in [6, 6.07) is 3.95. The molecule has 0 spiro atoms. The van der Waals surface area contributed by atoms with E-state index >= 15 is 0 Å². The molecule has 0 saturated carbocycles. The van der Waals surface area contributed by atoms with Gasteiger partial charge in [-0.3, -0.25) is 24.4 Å². The summed E-state index contributed by atoms with van der Waals surface area (Å²) in [5, 5.41) is 3.96. The van der Waals surface area contributed by atoms with Crippen molar-refractivity contribution < 1.29 is 18.7 Å². The predicted molar refractivity (Wildman–Crippen MR) is 102 cm³/mol. The molecule has 6 heterocycles. The minimum Gasteiger partial charge on any atom is -0.440 e. The maximum absolute atomic E-state index is 12.8. The minimum atomic E-state index is -0.173. The summed E-state index contributed by atoms with van der Waals surface area (Å²) >= 11 is 0. The van der Waals surface area contributed by atoms with Crippen molar-refractivity contribution in [3.8, 4) is 0 Å². The van der Waals surface area contributed by atoms with Crippen molar-refractivity contribution >= 4 is 28.7 Å². The number of anilines is 1. The van der Waals surface area contributed by atoms with Crippen LogP contribution in [0.2, 0.25) is 0 Å². The summed E-state index contributed by atoms with van der Waals surface area (Å²) in [5.74, 6) is 0.698. The Labute approximate surface area is 162 Å². The lowest BCUT2D eigenvalue weighted by Gasteiger charge is -2.49. The number of ether oxygens (including phenoxy) is 1. The highest BCUT2D eigenvalue weighted by Gasteiger charge is 2.40. The van der Waals surface area contributed by atoms with Crippen molar-refractivity contribution in [3.05, 3.63) is 24.0 Å². The maximum Gasteiger partial charge on any atom is 0.270 e. The zero-order chi connectivity index (χ0) is 19.3. The predicted octanol–water partition coefficient (Wildman–Crippen LogP) is 1.40. The fourth-order valence-electron chi connectivity index (χ4n) is 4.70. The van der Waals surface area contributed by atoms with Gasteiger partial charge in [0.15, 0.2) is 0 Å². The number of nitrogens with zero attached hydrogens (tertiary/aromatic N) is 3. The molecule has 8 heteroatoms. The van der Waals surface area contributed by atoms with Gasteiger partial charge in [0.25, 0.3) is 11.8 Å². The van der Waals surface area contributed by atoms with Gasteiger partial charge in [0.2, 0.25) is 5.88 Å². The Morgan fingerprint density at radius 2 is 2.07 bits per heavy atom. The van der Waals surface area contributed by atoms with Crippen LogP contribution in [0.1, 0.15) is 30.3 Å². The second-order valence-electron chi connectivity index (χ2n) is 7.90. The average Bonchev–Trinajstić information content (AvgIpc) is 3.14. The van der Waals surface area contributed by atoms with Gasteiger partial charge in [-0.1, -0.05) is 0 Å². The molecular formula is C20H24N4O4. The third-order valence-electron chi connectivity index (χ3n) is 6.35. The number of aromatic nitrogens is 1. The highest BCUT2D eigenvalue weighted by molar-refractivity contribution is 5.98. The molecule has 1 N–H and O–H groups in total. The van der Waals surface area contributed by atoms with E-state index in [1.54, 1.807) is 23.2 Å². The van der Waals surface area contributed by atoms with Crippen LogP contribution in [0.4, 0.5) is 5.88 Å². The summed E-state index contributed by atoms with van der Waals surface area (Å²) in [6.07, 6.45) is 3.90. The Hall–Kier alpha value is -2.45. The average molecular weight is 384 g/mol. The van der Waals surface area contributed by atoms with E-state index in [-0.39, 0.29) is 24.5 Å². The number of nitrogens with one attached hydrogen (secondary N) is 1. The summed E-state index contributed by atoms with van der Waals surface area (Å²) in [6.45, 7) is 5.42. The highest BCUT2D eigenvalue weighted by atomic mass is 16.5. The second-order valence-corrected chi connectivity index (χ2v) is 7.90. The smallest absolute Gasteiger partial charge is 0.270 e. The fourth-order valence-corrected chi connectivity index (χ4v) is 4.70. The number of fused-ring (bicyclic) bond motifs is 4. The molecule has 0 radical (unpaired) electrons. The summed E-state index contributed by atoms with van der Waals surface area (Å²) in [4.78, 5) is 33.2. The van der Waals surface area contributed by atoms with Crippen LogP contribution in [0.3, 0.4) is 0 Å². The molecule has 4 saturated heterocycles. The fraction of sp³-hybridized carbons (Fsp3) is 0.550. The van der Waals surface area contributed by atoms with Crippen molar-refractivity contribution in [2.75, 3.05) is 37.7 Å². The van der Waals surface area contributed by atoms with Gasteiger partial charge >= 0.3 is 0 Å². The number of pyridine rings is 1. The SMILES string of the molecule is CC1C(NC(=O)c2cc3oc(N4CCOCC4=O)cc3cn2)C2CCN1CC2. The second kappa shape index (κ2) is 6.86. The first-order valence-corrected chi connectivity index (χ1v) is 9.93. The maximum atomic E-state index is 12.8. The van der Waals surface area contributed by atoms with Crippen molar-refractivity contribution in [3.63, 3.8) is 0 Å². The van der Waals surface area contributed by atoms with Crippen molar-refractivity contribution in [2.45, 2.75) is 31.8 Å². The number of rotatable bonds is 3. The Kier molecular flexibility index (Phi) is 4.32. The Balaban J connectivity index is 1.36. The molecule has 2 atom stereocenters. The summed E-state index contributed by atoms with van der Waals surface area (Å²) in [7, 11) is 0. The lowest BCUT2D eigenvalue weighted by Crippen LogP contribution is -2.62. The number of carbonyl (C=O) groups excluding carboxylic acids is 2. The van der Waals surface area contributed by atoms with Gasteiger partial charge in [-0.15, -0.1) is 0 Å². The number of carbonyl (C=O) groups is 2. The zero-order valence-corrected chi connectivity index (χ0v) is 15.9. The van der Waals surface area contributed by atoms with Crippen LogP contribution in [0.5, 0.6) is 0 Å². The van der Waals surface area contributed by atoms with E-state index in [2.05, 4.69) is 22.1 Å². The van der Waals surface area contributed by atoms with E-state index in [9.17, 15) is 9.59 Å². The quantitative estimate of drug-likeness (QED) is 0.861. The monoisotopic (exact) mass is 384 g/mol. The molecule has 6 rings (SSSR count). The molecule has 148 valence electrons. The lowest BCUT2D eigenvalue weighted by molar-refractivity contribution is -0.125. The molecule has 2 amide bonds. The third kappa shape index (κ3) is 2.97. The van der Waals surface area contributed by atoms with Crippen molar-refractivity contribution in [1.82, 2.24) is 15.2 Å². The van der Waals surface area contributed by atoms with Gasteiger partial charge < -0.3 is 14.5 Å². The first-order valence-electron chi connectivity index (χ1n) is 9.93. The van der Waals surface area contributed by atoms with E-state index in [4.69, 9.17) is 9.15 Å². The third-order valence-corrected chi connectivity index (χ3v) is 6.35. The van der Waals surface area contributed by atoms with E-state index in [1.165, 1.54) is 0 Å². The van der Waals surface area contributed by atoms with Crippen LogP contribution < -0.4 is 10.2 Å². The number of furan rings is 1. The lowest BCUT2D eigenvalue weighted by atomic mass is 9.79. The van der Waals surface area contributed by atoms with Crippen LogP contribution in [0.25, 0.3) is 11.0 Å². The normalized spacial score (nSPS) is 30.0. The molecule has 2 unspecified atom stereocenters. The number of amides is 2. The minimum absolute atomic E-state index is 0.0563. The van der Waals surface area contributed by atoms with Gasteiger partial charge in [-0.25, -0.2) is 0 Å². The van der Waals surface area contributed by atoms with Crippen molar-refractivity contribution in [2.24, 2.45) is 5.92 Å². The zero-order valence-electron chi connectivity index (χ0n) is 15.9. The molecule has 4 fully saturated rings. The highest BCUT2D eigenvalue weighted by Crippen LogP contribution is 2.32. The molecule has 4 aliphatic rings. The summed E-state index contributed by atoms with van der Waals surface area (Å²) in [5.41, 5.74) is 0.891. The largest absolute Gasteiger partial charge is 0.440 e. The van der Waals surface area contributed by atoms with Crippen LogP contribution in [0.15, 0.2) is 22.7 Å².